The molecule has 0 bridgehead atoms. The number of rotatable bonds is 3. The Balaban J connectivity index is 2.27. The van der Waals surface area contributed by atoms with Crippen molar-refractivity contribution in [1.82, 2.24) is 9.88 Å². The molecular formula is C15H13ClF3N3O2. The lowest BCUT2D eigenvalue weighted by atomic mass is 9.84. The first-order valence-corrected chi connectivity index (χ1v) is 7.43. The minimum absolute atomic E-state index is 0.0359. The fourth-order valence-electron chi connectivity index (χ4n) is 2.50. The number of pyridine rings is 1. The second-order valence-corrected chi connectivity index (χ2v) is 5.97. The number of Topliss-reactive ketones (excluding diaryl/α,β-unsaturated/α-hetero) is 1. The molecule has 9 heteroatoms. The Kier molecular flexibility index (Phi) is 5.13. The van der Waals surface area contributed by atoms with Gasteiger partial charge in [-0.3, -0.25) is 14.6 Å². The van der Waals surface area contributed by atoms with Gasteiger partial charge in [-0.05, 0) is 12.5 Å². The third-order valence-corrected chi connectivity index (χ3v) is 4.25. The van der Waals surface area contributed by atoms with Crippen LogP contribution in [0.1, 0.15) is 30.0 Å². The summed E-state index contributed by atoms with van der Waals surface area (Å²) in [7, 11) is 1.61. The minimum atomic E-state index is -4.62. The van der Waals surface area contributed by atoms with Gasteiger partial charge in [0.1, 0.15) is 5.92 Å². The molecule has 0 aliphatic carbocycles. The van der Waals surface area contributed by atoms with Crippen molar-refractivity contribution in [3.8, 4) is 6.07 Å². The molecule has 0 unspecified atom stereocenters. The summed E-state index contributed by atoms with van der Waals surface area (Å²) >= 11 is 5.80. The van der Waals surface area contributed by atoms with E-state index in [1.165, 1.54) is 4.90 Å². The molecule has 0 aromatic carbocycles. The van der Waals surface area contributed by atoms with E-state index >= 15 is 0 Å². The molecule has 0 spiro atoms. The van der Waals surface area contributed by atoms with Gasteiger partial charge in [-0.2, -0.15) is 18.4 Å². The molecule has 1 aliphatic rings. The fraction of sp³-hybridized carbons (Fsp3) is 0.467. The van der Waals surface area contributed by atoms with E-state index in [4.69, 9.17) is 11.6 Å². The van der Waals surface area contributed by atoms with Crippen LogP contribution in [0.25, 0.3) is 0 Å². The molecule has 0 saturated carbocycles. The van der Waals surface area contributed by atoms with Gasteiger partial charge >= 0.3 is 6.18 Å². The lowest BCUT2D eigenvalue weighted by Gasteiger charge is -2.28. The van der Waals surface area contributed by atoms with Crippen LogP contribution in [0.3, 0.4) is 0 Å². The van der Waals surface area contributed by atoms with Gasteiger partial charge in [0.25, 0.3) is 0 Å². The van der Waals surface area contributed by atoms with Crippen molar-refractivity contribution in [2.45, 2.75) is 24.9 Å². The first-order chi connectivity index (χ1) is 11.1. The van der Waals surface area contributed by atoms with Crippen LogP contribution < -0.4 is 0 Å². The lowest BCUT2D eigenvalue weighted by molar-refractivity contribution is -0.138. The van der Waals surface area contributed by atoms with Crippen molar-refractivity contribution in [2.75, 3.05) is 13.6 Å². The maximum atomic E-state index is 12.6. The van der Waals surface area contributed by atoms with Crippen LogP contribution in [0.15, 0.2) is 12.3 Å². The number of nitriles is 1. The highest BCUT2D eigenvalue weighted by Crippen LogP contribution is 2.34. The number of hydrogen-bond acceptors (Lipinski definition) is 4. The highest BCUT2D eigenvalue weighted by atomic mass is 35.5. The Morgan fingerprint density at radius 2 is 2.21 bits per heavy atom. The third kappa shape index (κ3) is 3.67. The topological polar surface area (TPSA) is 74.1 Å². The maximum Gasteiger partial charge on any atom is 0.417 e. The van der Waals surface area contributed by atoms with Crippen LogP contribution in [-0.2, 0) is 15.8 Å². The first kappa shape index (κ1) is 18.2. The van der Waals surface area contributed by atoms with E-state index in [-0.39, 0.29) is 18.0 Å². The standard InChI is InChI=1S/C15H13ClF3N3O2/c1-22-3-2-8(4-12(22)23)14(24)10(6-20)13-11(16)5-9(7-21-13)15(17,18)19/h5,7-8,10H,2-4H2,1H3/t8-,10-/m0/s1. The number of carbonyl (C=O) groups excluding carboxylic acids is 2. The Hall–Kier alpha value is -2.14. The van der Waals surface area contributed by atoms with Crippen LogP contribution in [0, 0.1) is 17.2 Å². The van der Waals surface area contributed by atoms with Crippen LogP contribution in [-0.4, -0.2) is 35.2 Å². The quantitative estimate of drug-likeness (QED) is 0.831. The van der Waals surface area contributed by atoms with Crippen LogP contribution in [0.4, 0.5) is 13.2 Å². The van der Waals surface area contributed by atoms with E-state index in [0.29, 0.717) is 25.2 Å². The number of amides is 1. The molecule has 0 N–H and O–H groups in total. The molecule has 5 nitrogen and oxygen atoms in total. The molecule has 1 aromatic rings. The van der Waals surface area contributed by atoms with Gasteiger partial charge < -0.3 is 4.90 Å². The summed E-state index contributed by atoms with van der Waals surface area (Å²) in [4.78, 5) is 29.3. The average Bonchev–Trinajstić information content (AvgIpc) is 2.51. The van der Waals surface area contributed by atoms with Crippen LogP contribution in [0.5, 0.6) is 0 Å². The molecule has 2 rings (SSSR count). The van der Waals surface area contributed by atoms with Crippen LogP contribution >= 0.6 is 11.6 Å². The highest BCUT2D eigenvalue weighted by molar-refractivity contribution is 6.31. The van der Waals surface area contributed by atoms with Gasteiger partial charge in [-0.15, -0.1) is 0 Å². The number of hydrogen-bond donors (Lipinski definition) is 0. The molecule has 1 aromatic heterocycles. The first-order valence-electron chi connectivity index (χ1n) is 7.05. The van der Waals surface area contributed by atoms with Gasteiger partial charge in [0.05, 0.1) is 22.3 Å². The molecule has 2 atom stereocenters. The molecule has 24 heavy (non-hydrogen) atoms. The van der Waals surface area contributed by atoms with Gasteiger partial charge in [0, 0.05) is 32.1 Å². The number of halogens is 4. The van der Waals surface area contributed by atoms with E-state index in [0.717, 1.165) is 0 Å². The van der Waals surface area contributed by atoms with Gasteiger partial charge in [-0.25, -0.2) is 0 Å². The Morgan fingerprint density at radius 1 is 1.54 bits per heavy atom. The average molecular weight is 360 g/mol. The van der Waals surface area contributed by atoms with Gasteiger partial charge in [-0.1, -0.05) is 11.6 Å². The number of piperidine rings is 1. The van der Waals surface area contributed by atoms with Crippen molar-refractivity contribution in [3.05, 3.63) is 28.5 Å². The summed E-state index contributed by atoms with van der Waals surface area (Å²) in [6.07, 6.45) is -3.73. The van der Waals surface area contributed by atoms with E-state index in [9.17, 15) is 28.0 Å². The van der Waals surface area contributed by atoms with Crippen molar-refractivity contribution < 1.29 is 22.8 Å². The van der Waals surface area contributed by atoms with Gasteiger partial charge in [0.15, 0.2) is 5.78 Å². The molecule has 128 valence electrons. The second-order valence-electron chi connectivity index (χ2n) is 5.56. The van der Waals surface area contributed by atoms with Gasteiger partial charge in [0.2, 0.25) is 5.91 Å². The second kappa shape index (κ2) is 6.77. The molecule has 0 radical (unpaired) electrons. The highest BCUT2D eigenvalue weighted by Gasteiger charge is 2.37. The molecular weight excluding hydrogens is 347 g/mol. The molecule has 1 aliphatic heterocycles. The monoisotopic (exact) mass is 359 g/mol. The zero-order valence-corrected chi connectivity index (χ0v) is 13.4. The fourth-order valence-corrected chi connectivity index (χ4v) is 2.77. The van der Waals surface area contributed by atoms with E-state index in [1.807, 2.05) is 0 Å². The molecule has 2 heterocycles. The number of likely N-dealkylation sites (tertiary alicyclic amines) is 1. The summed E-state index contributed by atoms with van der Waals surface area (Å²) in [5, 5.41) is 8.87. The smallest absolute Gasteiger partial charge is 0.346 e. The lowest BCUT2D eigenvalue weighted by Crippen LogP contribution is -2.39. The Labute approximate surface area is 141 Å². The number of nitrogens with zero attached hydrogens (tertiary/aromatic N) is 3. The van der Waals surface area contributed by atoms with E-state index in [2.05, 4.69) is 4.98 Å². The van der Waals surface area contributed by atoms with Crippen molar-refractivity contribution in [3.63, 3.8) is 0 Å². The Bertz CT molecular complexity index is 715. The SMILES string of the molecule is CN1CC[C@H](C(=O)[C@@H](C#N)c2ncc(C(F)(F)F)cc2Cl)CC1=O. The molecule has 1 fully saturated rings. The normalized spacial score (nSPS) is 19.8. The summed E-state index contributed by atoms with van der Waals surface area (Å²) in [5.41, 5.74) is -1.28. The molecule has 1 saturated heterocycles. The summed E-state index contributed by atoms with van der Waals surface area (Å²) in [6.45, 7) is 0.377. The number of alkyl halides is 3. The largest absolute Gasteiger partial charge is 0.417 e. The molecule has 1 amide bonds. The van der Waals surface area contributed by atoms with E-state index in [1.54, 1.807) is 13.1 Å². The van der Waals surface area contributed by atoms with Crippen molar-refractivity contribution >= 4 is 23.3 Å². The minimum Gasteiger partial charge on any atom is -0.346 e. The summed E-state index contributed by atoms with van der Waals surface area (Å²) in [5.74, 6) is -2.84. The van der Waals surface area contributed by atoms with Crippen molar-refractivity contribution in [2.24, 2.45) is 5.92 Å². The zero-order chi connectivity index (χ0) is 18.1. The zero-order valence-electron chi connectivity index (χ0n) is 12.6. The maximum absolute atomic E-state index is 12.6. The predicted molar refractivity (Wildman–Crippen MR) is 78.0 cm³/mol. The van der Waals surface area contributed by atoms with Crippen molar-refractivity contribution in [1.29, 1.82) is 5.26 Å². The number of aromatic nitrogens is 1. The van der Waals surface area contributed by atoms with Crippen LogP contribution in [0.2, 0.25) is 5.02 Å². The number of ketones is 1. The summed E-state index contributed by atoms with van der Waals surface area (Å²) < 4.78 is 37.9. The number of carbonyl (C=O) groups is 2. The predicted octanol–water partition coefficient (Wildman–Crippen LogP) is 2.80. The summed E-state index contributed by atoms with van der Waals surface area (Å²) in [6, 6.07) is 2.38. The third-order valence-electron chi connectivity index (χ3n) is 3.95. The Morgan fingerprint density at radius 3 is 2.71 bits per heavy atom. The van der Waals surface area contributed by atoms with E-state index < -0.39 is 34.4 Å².